The molecule has 4 rings (SSSR count). The molecule has 0 unspecified atom stereocenters. The van der Waals surface area contributed by atoms with Crippen molar-refractivity contribution < 1.29 is 13.2 Å². The van der Waals surface area contributed by atoms with Crippen molar-refractivity contribution in [3.63, 3.8) is 0 Å². The summed E-state index contributed by atoms with van der Waals surface area (Å²) >= 11 is 6.10. The molecule has 1 N–H and O–H groups in total. The minimum atomic E-state index is -4.57. The Balaban J connectivity index is 2.08. The lowest BCUT2D eigenvalue weighted by atomic mass is 10.1. The van der Waals surface area contributed by atoms with Crippen molar-refractivity contribution in [1.29, 1.82) is 0 Å². The van der Waals surface area contributed by atoms with Gasteiger partial charge in [0.25, 0.3) is 5.56 Å². The lowest BCUT2D eigenvalue weighted by molar-refractivity contribution is -0.140. The lowest BCUT2D eigenvalue weighted by Gasteiger charge is -2.14. The predicted molar refractivity (Wildman–Crippen MR) is 90.0 cm³/mol. The average Bonchev–Trinajstić information content (AvgIpc) is 3.08. The zero-order valence-electron chi connectivity index (χ0n) is 12.9. The zero-order valence-corrected chi connectivity index (χ0v) is 13.6. The summed E-state index contributed by atoms with van der Waals surface area (Å²) in [6, 6.07) is 4.59. The summed E-state index contributed by atoms with van der Waals surface area (Å²) in [5.74, 6) is 0. The van der Waals surface area contributed by atoms with Gasteiger partial charge in [0.1, 0.15) is 12.2 Å². The number of halogens is 4. The Labute approximate surface area is 148 Å². The van der Waals surface area contributed by atoms with E-state index in [-0.39, 0.29) is 16.6 Å². The Bertz CT molecular complexity index is 1200. The molecular formula is C16H9ClF3N5O. The lowest BCUT2D eigenvalue weighted by Crippen LogP contribution is -2.28. The molecule has 26 heavy (non-hydrogen) atoms. The van der Waals surface area contributed by atoms with E-state index >= 15 is 0 Å². The normalized spacial score (nSPS) is 12.2. The van der Waals surface area contributed by atoms with E-state index in [4.69, 9.17) is 11.6 Å². The minimum absolute atomic E-state index is 0.0622. The first-order chi connectivity index (χ1) is 12.3. The van der Waals surface area contributed by atoms with Crippen LogP contribution in [0.5, 0.6) is 0 Å². The van der Waals surface area contributed by atoms with Gasteiger partial charge in [-0.2, -0.15) is 18.3 Å². The minimum Gasteiger partial charge on any atom is -0.298 e. The van der Waals surface area contributed by atoms with Crippen molar-refractivity contribution in [2.45, 2.75) is 12.7 Å². The van der Waals surface area contributed by atoms with E-state index in [9.17, 15) is 18.0 Å². The highest BCUT2D eigenvalue weighted by Crippen LogP contribution is 2.29. The number of H-pyrrole nitrogens is 1. The molecule has 6 nitrogen and oxygen atoms in total. The molecule has 0 aliphatic carbocycles. The molecule has 0 bridgehead atoms. The second-order valence-electron chi connectivity index (χ2n) is 5.59. The van der Waals surface area contributed by atoms with Gasteiger partial charge in [-0.25, -0.2) is 0 Å². The topological polar surface area (TPSA) is 76.5 Å². The Morgan fingerprint density at radius 2 is 2.00 bits per heavy atom. The number of fused-ring (bicyclic) bond motifs is 3. The summed E-state index contributed by atoms with van der Waals surface area (Å²) in [6.45, 7) is -1.43. The fourth-order valence-electron chi connectivity index (χ4n) is 2.81. The first-order valence-electron chi connectivity index (χ1n) is 7.38. The molecule has 4 aromatic rings. The number of hydrogen-bond donors (Lipinski definition) is 1. The summed E-state index contributed by atoms with van der Waals surface area (Å²) in [6.07, 6.45) is -0.496. The second kappa shape index (κ2) is 5.80. The molecular weight excluding hydrogens is 371 g/mol. The molecule has 0 aliphatic rings. The third-order valence-corrected chi connectivity index (χ3v) is 4.20. The summed E-state index contributed by atoms with van der Waals surface area (Å²) in [5.41, 5.74) is 0.178. The fraction of sp³-hybridized carbons (Fsp3) is 0.125. The van der Waals surface area contributed by atoms with Gasteiger partial charge in [-0.1, -0.05) is 11.6 Å². The molecule has 0 radical (unpaired) electrons. The molecule has 0 amide bonds. The summed E-state index contributed by atoms with van der Waals surface area (Å²) < 4.78 is 39.8. The maximum absolute atomic E-state index is 13.0. The van der Waals surface area contributed by atoms with Crippen LogP contribution in [0.3, 0.4) is 0 Å². The molecule has 4 heterocycles. The van der Waals surface area contributed by atoms with Crippen molar-refractivity contribution in [2.75, 3.05) is 0 Å². The number of rotatable bonds is 2. The van der Waals surface area contributed by atoms with Crippen LogP contribution in [0.15, 0.2) is 41.6 Å². The van der Waals surface area contributed by atoms with Gasteiger partial charge in [0, 0.05) is 17.8 Å². The van der Waals surface area contributed by atoms with Crippen LogP contribution in [0.2, 0.25) is 5.02 Å². The van der Waals surface area contributed by atoms with E-state index in [0.717, 1.165) is 0 Å². The van der Waals surface area contributed by atoms with E-state index < -0.39 is 18.3 Å². The molecule has 0 aromatic carbocycles. The van der Waals surface area contributed by atoms with Crippen LogP contribution in [-0.2, 0) is 6.54 Å². The highest BCUT2D eigenvalue weighted by Gasteiger charge is 2.30. The van der Waals surface area contributed by atoms with E-state index in [1.165, 1.54) is 24.7 Å². The maximum Gasteiger partial charge on any atom is 0.406 e. The number of hydrogen-bond acceptors (Lipinski definition) is 4. The van der Waals surface area contributed by atoms with Gasteiger partial charge in [-0.05, 0) is 18.2 Å². The van der Waals surface area contributed by atoms with Gasteiger partial charge in [0.2, 0.25) is 0 Å². The fourth-order valence-corrected chi connectivity index (χ4v) is 3.03. The van der Waals surface area contributed by atoms with E-state index in [2.05, 4.69) is 20.2 Å². The molecule has 0 atom stereocenters. The average molecular weight is 380 g/mol. The van der Waals surface area contributed by atoms with Crippen LogP contribution < -0.4 is 5.56 Å². The quantitative estimate of drug-likeness (QED) is 0.578. The van der Waals surface area contributed by atoms with Gasteiger partial charge in [-0.15, -0.1) is 0 Å². The Hall–Kier alpha value is -2.94. The van der Waals surface area contributed by atoms with Crippen molar-refractivity contribution in [3.05, 3.63) is 52.2 Å². The van der Waals surface area contributed by atoms with E-state index in [1.807, 2.05) is 0 Å². The van der Waals surface area contributed by atoms with Gasteiger partial charge in [0.05, 0.1) is 33.3 Å². The highest BCUT2D eigenvalue weighted by atomic mass is 35.5. The van der Waals surface area contributed by atoms with Crippen LogP contribution in [0.1, 0.15) is 0 Å². The largest absolute Gasteiger partial charge is 0.406 e. The molecule has 10 heteroatoms. The summed E-state index contributed by atoms with van der Waals surface area (Å²) in [5, 5.41) is 7.11. The molecule has 0 fully saturated rings. The summed E-state index contributed by atoms with van der Waals surface area (Å²) in [4.78, 5) is 20.9. The van der Waals surface area contributed by atoms with Crippen molar-refractivity contribution in [3.8, 4) is 11.4 Å². The standard InChI is InChI=1S/C16H9ClF3N5O/c17-10-2-1-3-21-14(10)11-4-12-8(5-22-11)13-9(6-23-24-13)15(26)25(12)7-16(18,19)20/h1-6H,7H2,(H,23,24). The number of nitrogens with one attached hydrogen (secondary N) is 1. The van der Waals surface area contributed by atoms with Gasteiger partial charge < -0.3 is 0 Å². The van der Waals surface area contributed by atoms with E-state index in [1.54, 1.807) is 12.1 Å². The van der Waals surface area contributed by atoms with Crippen LogP contribution in [0.4, 0.5) is 13.2 Å². The molecule has 132 valence electrons. The van der Waals surface area contributed by atoms with Crippen LogP contribution >= 0.6 is 11.6 Å². The van der Waals surface area contributed by atoms with Crippen molar-refractivity contribution in [1.82, 2.24) is 24.7 Å². The SMILES string of the molecule is O=c1c2cn[nH]c2c2cnc(-c3ncccc3Cl)cc2n1CC(F)(F)F. The number of alkyl halides is 3. The first-order valence-corrected chi connectivity index (χ1v) is 7.76. The Morgan fingerprint density at radius 1 is 1.19 bits per heavy atom. The Morgan fingerprint density at radius 3 is 2.73 bits per heavy atom. The monoisotopic (exact) mass is 379 g/mol. The number of aromatic nitrogens is 5. The van der Waals surface area contributed by atoms with Crippen LogP contribution in [0.25, 0.3) is 33.2 Å². The molecule has 0 saturated carbocycles. The van der Waals surface area contributed by atoms with Crippen LogP contribution in [0, 0.1) is 0 Å². The second-order valence-corrected chi connectivity index (χ2v) is 5.99. The predicted octanol–water partition coefficient (Wildman–Crippen LogP) is 3.55. The molecule has 0 saturated heterocycles. The molecule has 0 aliphatic heterocycles. The number of nitrogens with zero attached hydrogens (tertiary/aromatic N) is 4. The van der Waals surface area contributed by atoms with Crippen LogP contribution in [-0.4, -0.2) is 30.9 Å². The van der Waals surface area contributed by atoms with Gasteiger partial charge in [-0.3, -0.25) is 24.4 Å². The maximum atomic E-state index is 13.0. The third kappa shape index (κ3) is 2.70. The zero-order chi connectivity index (χ0) is 18.5. The smallest absolute Gasteiger partial charge is 0.298 e. The van der Waals surface area contributed by atoms with Crippen molar-refractivity contribution in [2.24, 2.45) is 0 Å². The molecule has 0 spiro atoms. The van der Waals surface area contributed by atoms with Crippen molar-refractivity contribution >= 4 is 33.4 Å². The third-order valence-electron chi connectivity index (χ3n) is 3.90. The van der Waals surface area contributed by atoms with Gasteiger partial charge >= 0.3 is 6.18 Å². The number of aromatic amines is 1. The van der Waals surface area contributed by atoms with E-state index in [0.29, 0.717) is 26.2 Å². The Kier molecular flexibility index (Phi) is 3.69. The number of pyridine rings is 3. The first kappa shape index (κ1) is 16.5. The molecule has 4 aromatic heterocycles. The van der Waals surface area contributed by atoms with Gasteiger partial charge in [0.15, 0.2) is 0 Å². The highest BCUT2D eigenvalue weighted by molar-refractivity contribution is 6.33. The summed E-state index contributed by atoms with van der Waals surface area (Å²) in [7, 11) is 0.